The predicted molar refractivity (Wildman–Crippen MR) is 98.1 cm³/mol. The third-order valence-electron chi connectivity index (χ3n) is 5.29. The van der Waals surface area contributed by atoms with E-state index < -0.39 is 0 Å². The zero-order valence-electron chi connectivity index (χ0n) is 14.9. The van der Waals surface area contributed by atoms with E-state index in [1.165, 1.54) is 5.69 Å². The molecule has 1 saturated carbocycles. The van der Waals surface area contributed by atoms with Crippen molar-refractivity contribution in [2.75, 3.05) is 31.6 Å². The number of carbonyl (C=O) groups is 1. The Balaban J connectivity index is 1.40. The van der Waals surface area contributed by atoms with E-state index in [-0.39, 0.29) is 18.2 Å². The number of aliphatic hydroxyl groups excluding tert-OH is 1. The smallest absolute Gasteiger partial charge is 0.315 e. The number of hydrogen-bond donors (Lipinski definition) is 3. The molecule has 0 radical (unpaired) electrons. The fourth-order valence-electron chi connectivity index (χ4n) is 3.73. The summed E-state index contributed by atoms with van der Waals surface area (Å²) in [5.74, 6) is 1.33. The van der Waals surface area contributed by atoms with Crippen LogP contribution in [0.5, 0.6) is 5.75 Å². The minimum absolute atomic E-state index is 0.0822. The number of ether oxygens (including phenoxy) is 1. The molecule has 2 fully saturated rings. The normalized spacial score (nSPS) is 26.3. The third-order valence-corrected chi connectivity index (χ3v) is 5.29. The van der Waals surface area contributed by atoms with Crippen molar-refractivity contribution >= 4 is 11.7 Å². The first kappa shape index (κ1) is 17.9. The van der Waals surface area contributed by atoms with E-state index in [4.69, 9.17) is 4.74 Å². The van der Waals surface area contributed by atoms with Crippen molar-refractivity contribution in [2.45, 2.75) is 44.2 Å². The van der Waals surface area contributed by atoms with Crippen LogP contribution >= 0.6 is 0 Å². The minimum atomic E-state index is -0.192. The first-order chi connectivity index (χ1) is 12.1. The van der Waals surface area contributed by atoms with Crippen molar-refractivity contribution in [2.24, 2.45) is 5.92 Å². The Morgan fingerprint density at radius 2 is 2.08 bits per heavy atom. The van der Waals surface area contributed by atoms with Gasteiger partial charge in [-0.1, -0.05) is 6.07 Å². The van der Waals surface area contributed by atoms with Gasteiger partial charge in [-0.25, -0.2) is 4.79 Å². The summed E-state index contributed by atoms with van der Waals surface area (Å²) >= 11 is 0. The van der Waals surface area contributed by atoms with E-state index in [1.807, 2.05) is 12.1 Å². The summed E-state index contributed by atoms with van der Waals surface area (Å²) in [5, 5.41) is 15.6. The molecule has 1 atom stereocenters. The second kappa shape index (κ2) is 8.43. The molecule has 138 valence electrons. The SMILES string of the molecule is COc1cccc(N2CC[C@@H](CNC(=O)NC3CCC(O)CC3)C2)c1. The third kappa shape index (κ3) is 5.01. The van der Waals surface area contributed by atoms with Crippen molar-refractivity contribution in [1.29, 1.82) is 0 Å². The topological polar surface area (TPSA) is 73.8 Å². The fourth-order valence-corrected chi connectivity index (χ4v) is 3.73. The molecule has 1 aromatic rings. The van der Waals surface area contributed by atoms with Crippen LogP contribution in [0, 0.1) is 5.92 Å². The molecule has 1 aliphatic heterocycles. The largest absolute Gasteiger partial charge is 0.497 e. The lowest BCUT2D eigenvalue weighted by atomic mass is 9.93. The average molecular weight is 347 g/mol. The van der Waals surface area contributed by atoms with Crippen LogP contribution < -0.4 is 20.3 Å². The summed E-state index contributed by atoms with van der Waals surface area (Å²) < 4.78 is 5.29. The van der Waals surface area contributed by atoms with Crippen molar-refractivity contribution in [1.82, 2.24) is 10.6 Å². The van der Waals surface area contributed by atoms with Gasteiger partial charge in [-0.2, -0.15) is 0 Å². The van der Waals surface area contributed by atoms with Crippen molar-refractivity contribution in [3.63, 3.8) is 0 Å². The quantitative estimate of drug-likeness (QED) is 0.763. The minimum Gasteiger partial charge on any atom is -0.497 e. The average Bonchev–Trinajstić information content (AvgIpc) is 3.11. The summed E-state index contributed by atoms with van der Waals surface area (Å²) in [6.07, 6.45) is 4.17. The first-order valence-electron chi connectivity index (χ1n) is 9.25. The molecule has 0 unspecified atom stereocenters. The van der Waals surface area contributed by atoms with Crippen LogP contribution in [0.15, 0.2) is 24.3 Å². The monoisotopic (exact) mass is 347 g/mol. The number of nitrogens with one attached hydrogen (secondary N) is 2. The Bertz CT molecular complexity index is 573. The van der Waals surface area contributed by atoms with Crippen molar-refractivity contribution < 1.29 is 14.6 Å². The number of benzene rings is 1. The molecule has 3 N–H and O–H groups in total. The highest BCUT2D eigenvalue weighted by atomic mass is 16.5. The predicted octanol–water partition coefficient (Wildman–Crippen LogP) is 2.12. The van der Waals surface area contributed by atoms with E-state index in [9.17, 15) is 9.90 Å². The van der Waals surface area contributed by atoms with Crippen LogP contribution in [0.2, 0.25) is 0 Å². The highest BCUT2D eigenvalue weighted by Crippen LogP contribution is 2.26. The van der Waals surface area contributed by atoms with E-state index >= 15 is 0 Å². The van der Waals surface area contributed by atoms with Crippen LogP contribution in [0.4, 0.5) is 10.5 Å². The van der Waals surface area contributed by atoms with Gasteiger partial charge in [0.25, 0.3) is 0 Å². The highest BCUT2D eigenvalue weighted by Gasteiger charge is 2.24. The second-order valence-electron chi connectivity index (χ2n) is 7.16. The molecule has 1 saturated heterocycles. The maximum absolute atomic E-state index is 12.1. The lowest BCUT2D eigenvalue weighted by Crippen LogP contribution is -2.45. The molecular weight excluding hydrogens is 318 g/mol. The van der Waals surface area contributed by atoms with E-state index in [0.717, 1.165) is 50.9 Å². The number of methoxy groups -OCH3 is 1. The van der Waals surface area contributed by atoms with Gasteiger partial charge in [-0.05, 0) is 50.2 Å². The Labute approximate surface area is 149 Å². The lowest BCUT2D eigenvalue weighted by Gasteiger charge is -2.26. The maximum atomic E-state index is 12.1. The molecular formula is C19H29N3O3. The molecule has 2 amide bonds. The van der Waals surface area contributed by atoms with Crippen LogP contribution in [-0.2, 0) is 0 Å². The van der Waals surface area contributed by atoms with Crippen LogP contribution in [0.3, 0.4) is 0 Å². The Hall–Kier alpha value is -1.95. The van der Waals surface area contributed by atoms with Gasteiger partial charge in [-0.15, -0.1) is 0 Å². The summed E-state index contributed by atoms with van der Waals surface area (Å²) in [7, 11) is 1.68. The molecule has 1 aromatic carbocycles. The Kier molecular flexibility index (Phi) is 6.02. The Morgan fingerprint density at radius 1 is 1.28 bits per heavy atom. The van der Waals surface area contributed by atoms with Crippen molar-refractivity contribution in [3.8, 4) is 5.75 Å². The van der Waals surface area contributed by atoms with E-state index in [1.54, 1.807) is 7.11 Å². The molecule has 25 heavy (non-hydrogen) atoms. The molecule has 0 aromatic heterocycles. The molecule has 1 heterocycles. The maximum Gasteiger partial charge on any atom is 0.315 e. The van der Waals surface area contributed by atoms with Gasteiger partial charge < -0.3 is 25.4 Å². The molecule has 6 heteroatoms. The lowest BCUT2D eigenvalue weighted by molar-refractivity contribution is 0.117. The van der Waals surface area contributed by atoms with Crippen LogP contribution in [0.25, 0.3) is 0 Å². The highest BCUT2D eigenvalue weighted by molar-refractivity contribution is 5.74. The molecule has 1 aliphatic carbocycles. The second-order valence-corrected chi connectivity index (χ2v) is 7.16. The van der Waals surface area contributed by atoms with Crippen molar-refractivity contribution in [3.05, 3.63) is 24.3 Å². The van der Waals surface area contributed by atoms with Gasteiger partial charge in [0, 0.05) is 37.4 Å². The Morgan fingerprint density at radius 3 is 2.84 bits per heavy atom. The van der Waals surface area contributed by atoms with Gasteiger partial charge >= 0.3 is 6.03 Å². The number of hydrogen-bond acceptors (Lipinski definition) is 4. The van der Waals surface area contributed by atoms with Crippen LogP contribution in [0.1, 0.15) is 32.1 Å². The zero-order valence-corrected chi connectivity index (χ0v) is 14.9. The number of anilines is 1. The van der Waals surface area contributed by atoms with E-state index in [0.29, 0.717) is 12.5 Å². The van der Waals surface area contributed by atoms with Gasteiger partial charge in [0.2, 0.25) is 0 Å². The fraction of sp³-hybridized carbons (Fsp3) is 0.632. The molecule has 3 rings (SSSR count). The summed E-state index contributed by atoms with van der Waals surface area (Å²) in [6, 6.07) is 8.23. The number of amides is 2. The molecule has 2 aliphatic rings. The standard InChI is InChI=1S/C19H29N3O3/c1-25-18-4-2-3-16(11-18)22-10-9-14(13-22)12-20-19(24)21-15-5-7-17(23)8-6-15/h2-4,11,14-15,17,23H,5-10,12-13H2,1H3,(H2,20,21,24)/t14-,15?,17?/m0/s1. The first-order valence-corrected chi connectivity index (χ1v) is 9.25. The van der Waals surface area contributed by atoms with E-state index in [2.05, 4.69) is 27.7 Å². The van der Waals surface area contributed by atoms with Gasteiger partial charge in [0.1, 0.15) is 5.75 Å². The molecule has 6 nitrogen and oxygen atoms in total. The summed E-state index contributed by atoms with van der Waals surface area (Å²) in [5.41, 5.74) is 1.17. The van der Waals surface area contributed by atoms with Gasteiger partial charge in [0.05, 0.1) is 13.2 Å². The number of urea groups is 1. The van der Waals surface area contributed by atoms with Gasteiger partial charge in [-0.3, -0.25) is 0 Å². The molecule has 0 bridgehead atoms. The van der Waals surface area contributed by atoms with Gasteiger partial charge in [0.15, 0.2) is 0 Å². The zero-order chi connectivity index (χ0) is 17.6. The summed E-state index contributed by atoms with van der Waals surface area (Å²) in [6.45, 7) is 2.65. The number of aliphatic hydroxyl groups is 1. The summed E-state index contributed by atoms with van der Waals surface area (Å²) in [4.78, 5) is 14.4. The number of nitrogens with zero attached hydrogens (tertiary/aromatic N) is 1. The molecule has 0 spiro atoms. The number of rotatable bonds is 5. The van der Waals surface area contributed by atoms with Crippen LogP contribution in [-0.4, -0.2) is 50.0 Å². The number of carbonyl (C=O) groups excluding carboxylic acids is 1.